The van der Waals surface area contributed by atoms with Gasteiger partial charge in [0.05, 0.1) is 17.1 Å². The first kappa shape index (κ1) is 22.7. The van der Waals surface area contributed by atoms with E-state index in [0.29, 0.717) is 28.0 Å². The van der Waals surface area contributed by atoms with Gasteiger partial charge in [-0.2, -0.15) is 9.78 Å². The van der Waals surface area contributed by atoms with E-state index in [2.05, 4.69) is 37.0 Å². The summed E-state index contributed by atoms with van der Waals surface area (Å²) in [5, 5.41) is 5.04. The number of carbonyl (C=O) groups excluding carboxylic acids is 1. The third-order valence-corrected chi connectivity index (χ3v) is 6.44. The maximum Gasteiger partial charge on any atom is 0.282 e. The van der Waals surface area contributed by atoms with E-state index in [1.165, 1.54) is 11.1 Å². The van der Waals surface area contributed by atoms with E-state index in [-0.39, 0.29) is 18.1 Å². The SMILES string of the molecule is NC(=O)COc1ccc(Br)cc1C=Nn1c(C2CCCCC2)nc2ccc(Br)cc2c1=O. The number of nitrogens with zero attached hydrogens (tertiary/aromatic N) is 3. The van der Waals surface area contributed by atoms with Crippen LogP contribution in [-0.2, 0) is 4.79 Å². The lowest BCUT2D eigenvalue weighted by molar-refractivity contribution is -0.119. The van der Waals surface area contributed by atoms with E-state index in [4.69, 9.17) is 15.5 Å². The molecule has 1 fully saturated rings. The number of rotatable bonds is 6. The summed E-state index contributed by atoms with van der Waals surface area (Å²) >= 11 is 6.87. The number of halogens is 2. The van der Waals surface area contributed by atoms with Crippen molar-refractivity contribution in [2.45, 2.75) is 38.0 Å². The predicted octanol–water partition coefficient (Wildman–Crippen LogP) is 4.72. The Balaban J connectivity index is 1.82. The third kappa shape index (κ3) is 5.10. The number of nitrogens with two attached hydrogens (primary N) is 1. The fraction of sp³-hybridized carbons (Fsp3) is 0.304. The van der Waals surface area contributed by atoms with Crippen molar-refractivity contribution in [2.24, 2.45) is 10.8 Å². The Kier molecular flexibility index (Phi) is 7.05. The minimum Gasteiger partial charge on any atom is -0.483 e. The summed E-state index contributed by atoms with van der Waals surface area (Å²) in [4.78, 5) is 29.4. The summed E-state index contributed by atoms with van der Waals surface area (Å²) < 4.78 is 8.53. The molecule has 1 heterocycles. The molecule has 32 heavy (non-hydrogen) atoms. The molecular weight excluding hydrogens is 540 g/mol. The van der Waals surface area contributed by atoms with E-state index < -0.39 is 5.91 Å². The van der Waals surface area contributed by atoms with Crippen LogP contribution in [0, 0.1) is 0 Å². The Morgan fingerprint density at radius 1 is 1.16 bits per heavy atom. The molecule has 0 aliphatic heterocycles. The molecule has 0 saturated heterocycles. The van der Waals surface area contributed by atoms with E-state index >= 15 is 0 Å². The zero-order valence-electron chi connectivity index (χ0n) is 17.3. The molecule has 0 spiro atoms. The second kappa shape index (κ2) is 9.95. The van der Waals surface area contributed by atoms with Gasteiger partial charge in [-0.1, -0.05) is 51.1 Å². The number of benzene rings is 2. The fourth-order valence-corrected chi connectivity index (χ4v) is 4.66. The molecule has 0 bridgehead atoms. The largest absolute Gasteiger partial charge is 0.483 e. The monoisotopic (exact) mass is 560 g/mol. The molecule has 0 atom stereocenters. The zero-order valence-corrected chi connectivity index (χ0v) is 20.4. The Morgan fingerprint density at radius 2 is 1.88 bits per heavy atom. The Hall–Kier alpha value is -2.52. The van der Waals surface area contributed by atoms with Crippen molar-refractivity contribution in [3.63, 3.8) is 0 Å². The first-order chi connectivity index (χ1) is 15.4. The molecule has 9 heteroatoms. The summed E-state index contributed by atoms with van der Waals surface area (Å²) in [7, 11) is 0. The van der Waals surface area contributed by atoms with E-state index in [9.17, 15) is 9.59 Å². The average Bonchev–Trinajstić information content (AvgIpc) is 2.78. The number of primary amides is 1. The van der Waals surface area contributed by atoms with Gasteiger partial charge in [-0.25, -0.2) is 4.98 Å². The van der Waals surface area contributed by atoms with Gasteiger partial charge in [-0.05, 0) is 49.2 Å². The number of ether oxygens (including phenoxy) is 1. The average molecular weight is 562 g/mol. The highest BCUT2D eigenvalue weighted by atomic mass is 79.9. The van der Waals surface area contributed by atoms with Crippen molar-refractivity contribution in [3.8, 4) is 5.75 Å². The van der Waals surface area contributed by atoms with Crippen LogP contribution in [0.15, 0.2) is 55.2 Å². The summed E-state index contributed by atoms with van der Waals surface area (Å²) in [6, 6.07) is 10.8. The molecule has 1 aliphatic rings. The highest BCUT2D eigenvalue weighted by molar-refractivity contribution is 9.10. The van der Waals surface area contributed by atoms with Crippen molar-refractivity contribution in [2.75, 3.05) is 6.61 Å². The second-order valence-electron chi connectivity index (χ2n) is 7.77. The van der Waals surface area contributed by atoms with Gasteiger partial charge in [-0.3, -0.25) is 9.59 Å². The molecule has 1 aliphatic carbocycles. The molecular formula is C23H22Br2N4O3. The lowest BCUT2D eigenvalue weighted by Gasteiger charge is -2.22. The standard InChI is InChI=1S/C23H22Br2N4O3/c24-16-7-9-20(32-13-21(26)30)15(10-16)12-27-29-22(14-4-2-1-3-5-14)28-19-8-6-17(25)11-18(19)23(29)31/h6-12,14H,1-5,13H2,(H2,26,30). The van der Waals surface area contributed by atoms with Crippen molar-refractivity contribution >= 4 is 54.9 Å². The molecule has 1 amide bonds. The fourth-order valence-electron chi connectivity index (χ4n) is 3.92. The molecule has 3 aromatic rings. The van der Waals surface area contributed by atoms with Crippen molar-refractivity contribution in [1.29, 1.82) is 0 Å². The third-order valence-electron chi connectivity index (χ3n) is 5.46. The lowest BCUT2D eigenvalue weighted by Crippen LogP contribution is -2.25. The normalized spacial score (nSPS) is 14.8. The highest BCUT2D eigenvalue weighted by Gasteiger charge is 2.22. The van der Waals surface area contributed by atoms with Crippen molar-refractivity contribution in [1.82, 2.24) is 9.66 Å². The lowest BCUT2D eigenvalue weighted by atomic mass is 9.88. The molecule has 7 nitrogen and oxygen atoms in total. The van der Waals surface area contributed by atoms with Crippen LogP contribution in [0.1, 0.15) is 49.4 Å². The van der Waals surface area contributed by atoms with Crippen LogP contribution < -0.4 is 16.0 Å². The van der Waals surface area contributed by atoms with E-state index in [1.54, 1.807) is 30.5 Å². The molecule has 4 rings (SSSR count). The van der Waals surface area contributed by atoms with Crippen LogP contribution >= 0.6 is 31.9 Å². The van der Waals surface area contributed by atoms with Crippen LogP contribution in [0.2, 0.25) is 0 Å². The minimum absolute atomic E-state index is 0.176. The van der Waals surface area contributed by atoms with Crippen LogP contribution in [0.3, 0.4) is 0 Å². The molecule has 1 aromatic heterocycles. The van der Waals surface area contributed by atoms with Crippen molar-refractivity contribution in [3.05, 3.63) is 67.1 Å². The number of aromatic nitrogens is 2. The molecule has 2 aromatic carbocycles. The molecule has 0 unspecified atom stereocenters. The van der Waals surface area contributed by atoms with Crippen LogP contribution in [0.25, 0.3) is 10.9 Å². The van der Waals surface area contributed by atoms with Crippen molar-refractivity contribution < 1.29 is 9.53 Å². The number of hydrogen-bond donors (Lipinski definition) is 1. The predicted molar refractivity (Wildman–Crippen MR) is 131 cm³/mol. The topological polar surface area (TPSA) is 99.6 Å². The Labute approximate surface area is 201 Å². The van der Waals surface area contributed by atoms with Gasteiger partial charge in [0.2, 0.25) is 0 Å². The quantitative estimate of drug-likeness (QED) is 0.440. The Bertz CT molecular complexity index is 1250. The maximum atomic E-state index is 13.4. The van der Waals surface area contributed by atoms with Gasteiger partial charge in [0, 0.05) is 20.4 Å². The molecule has 1 saturated carbocycles. The molecule has 166 valence electrons. The van der Waals surface area contributed by atoms with Gasteiger partial charge in [0.15, 0.2) is 6.61 Å². The van der Waals surface area contributed by atoms with Gasteiger partial charge in [0.25, 0.3) is 11.5 Å². The first-order valence-electron chi connectivity index (χ1n) is 10.4. The molecule has 0 radical (unpaired) electrons. The van der Waals surface area contributed by atoms with Gasteiger partial charge < -0.3 is 10.5 Å². The van der Waals surface area contributed by atoms with Gasteiger partial charge >= 0.3 is 0 Å². The maximum absolute atomic E-state index is 13.4. The Morgan fingerprint density at radius 3 is 2.62 bits per heavy atom. The van der Waals surface area contributed by atoms with Crippen LogP contribution in [0.5, 0.6) is 5.75 Å². The smallest absolute Gasteiger partial charge is 0.282 e. The zero-order chi connectivity index (χ0) is 22.7. The summed E-state index contributed by atoms with van der Waals surface area (Å²) in [6.07, 6.45) is 6.93. The van der Waals surface area contributed by atoms with E-state index in [1.807, 2.05) is 12.1 Å². The number of carbonyl (C=O) groups is 1. The summed E-state index contributed by atoms with van der Waals surface area (Å²) in [5.74, 6) is 0.723. The van der Waals surface area contributed by atoms with Gasteiger partial charge in [0.1, 0.15) is 11.6 Å². The second-order valence-corrected chi connectivity index (χ2v) is 9.60. The summed E-state index contributed by atoms with van der Waals surface area (Å²) in [6.45, 7) is -0.249. The minimum atomic E-state index is -0.573. The van der Waals surface area contributed by atoms with E-state index in [0.717, 1.165) is 34.6 Å². The van der Waals surface area contributed by atoms with Crippen LogP contribution in [-0.4, -0.2) is 28.4 Å². The van der Waals surface area contributed by atoms with Gasteiger partial charge in [-0.15, -0.1) is 0 Å². The number of amides is 1. The molecule has 2 N–H and O–H groups in total. The highest BCUT2D eigenvalue weighted by Crippen LogP contribution is 2.32. The number of fused-ring (bicyclic) bond motifs is 1. The number of hydrogen-bond acceptors (Lipinski definition) is 5. The summed E-state index contributed by atoms with van der Waals surface area (Å²) in [5.41, 5.74) is 6.26. The van der Waals surface area contributed by atoms with Crippen LogP contribution in [0.4, 0.5) is 0 Å². The first-order valence-corrected chi connectivity index (χ1v) is 12.0.